The lowest BCUT2D eigenvalue weighted by molar-refractivity contribution is -0.149. The van der Waals surface area contributed by atoms with E-state index in [0.29, 0.717) is 0 Å². The minimum Gasteiger partial charge on any atom is -0.462 e. The Labute approximate surface area is 200 Å². The third-order valence-electron chi connectivity index (χ3n) is 4.87. The third-order valence-corrected chi connectivity index (χ3v) is 6.51. The van der Waals surface area contributed by atoms with Crippen molar-refractivity contribution < 1.29 is 37.4 Å². The SMILES string of the molecule is CC(C)OC(=O)[C@H](C)NP(=O)(OC[C@H]1O[C@@H](n2ccc(N)nc2=O)C[C@H]1O)Oc1ccc(F)cc1. The van der Waals surface area contributed by atoms with E-state index in [9.17, 15) is 23.7 Å². The highest BCUT2D eigenvalue weighted by molar-refractivity contribution is 7.52. The number of aliphatic hydroxyl groups excluding tert-OH is 1. The van der Waals surface area contributed by atoms with E-state index in [2.05, 4.69) is 10.1 Å². The van der Waals surface area contributed by atoms with Crippen LogP contribution in [0.15, 0.2) is 41.3 Å². The molecule has 1 fully saturated rings. The number of rotatable bonds is 10. The number of nitrogens with one attached hydrogen (secondary N) is 1. The van der Waals surface area contributed by atoms with Gasteiger partial charge in [0.15, 0.2) is 0 Å². The molecule has 0 amide bonds. The van der Waals surface area contributed by atoms with E-state index >= 15 is 0 Å². The number of nitrogens with zero attached hydrogens (tertiary/aromatic N) is 2. The second kappa shape index (κ2) is 11.3. The Bertz CT molecular complexity index is 1130. The first-order valence-electron chi connectivity index (χ1n) is 10.8. The van der Waals surface area contributed by atoms with Crippen LogP contribution in [0.1, 0.15) is 33.4 Å². The summed E-state index contributed by atoms with van der Waals surface area (Å²) >= 11 is 0. The summed E-state index contributed by atoms with van der Waals surface area (Å²) in [6.45, 7) is 4.30. The smallest absolute Gasteiger partial charge is 0.459 e. The standard InChI is InChI=1S/C21H28FN4O8P/c1-12(2)32-20(28)13(3)25-35(30,34-15-6-4-14(22)5-7-15)31-11-17-16(27)10-19(33-17)26-9-8-18(23)24-21(26)29/h4-9,12-13,16-17,19,27H,10-11H2,1-3H3,(H,25,30)(H2,23,24,29)/t13-,16+,17+,19+,35?/m0/s1. The number of ether oxygens (including phenoxy) is 2. The molecular weight excluding hydrogens is 486 g/mol. The van der Waals surface area contributed by atoms with Gasteiger partial charge in [-0.15, -0.1) is 0 Å². The van der Waals surface area contributed by atoms with E-state index in [4.69, 9.17) is 24.3 Å². The average Bonchev–Trinajstić information content (AvgIpc) is 3.13. The zero-order valence-electron chi connectivity index (χ0n) is 19.4. The number of carbonyl (C=O) groups is 1. The zero-order chi connectivity index (χ0) is 25.8. The summed E-state index contributed by atoms with van der Waals surface area (Å²) in [6.07, 6.45) is -1.91. The summed E-state index contributed by atoms with van der Waals surface area (Å²) < 4.78 is 49.7. The summed E-state index contributed by atoms with van der Waals surface area (Å²) in [6, 6.07) is 4.99. The number of hydrogen-bond donors (Lipinski definition) is 3. The number of anilines is 1. The summed E-state index contributed by atoms with van der Waals surface area (Å²) in [5.74, 6) is -1.17. The second-order valence-corrected chi connectivity index (χ2v) is 9.84. The number of halogens is 1. The molecule has 192 valence electrons. The zero-order valence-corrected chi connectivity index (χ0v) is 20.3. The maximum atomic E-state index is 13.5. The molecule has 1 aromatic carbocycles. The third kappa shape index (κ3) is 7.33. The van der Waals surface area contributed by atoms with Crippen LogP contribution >= 0.6 is 7.75 Å². The Morgan fingerprint density at radius 3 is 2.66 bits per heavy atom. The lowest BCUT2D eigenvalue weighted by Crippen LogP contribution is -2.37. The maximum Gasteiger partial charge on any atom is 0.459 e. The Kier molecular flexibility index (Phi) is 8.62. The maximum absolute atomic E-state index is 13.5. The van der Waals surface area contributed by atoms with Gasteiger partial charge in [-0.3, -0.25) is 13.9 Å². The first-order valence-corrected chi connectivity index (χ1v) is 12.4. The Morgan fingerprint density at radius 1 is 1.34 bits per heavy atom. The molecule has 2 aromatic rings. The molecule has 0 bridgehead atoms. The van der Waals surface area contributed by atoms with E-state index in [1.54, 1.807) is 13.8 Å². The van der Waals surface area contributed by atoms with E-state index in [-0.39, 0.29) is 18.0 Å². The van der Waals surface area contributed by atoms with Crippen molar-refractivity contribution in [1.82, 2.24) is 14.6 Å². The van der Waals surface area contributed by atoms with E-state index in [0.717, 1.165) is 16.7 Å². The molecule has 0 aliphatic carbocycles. The minimum absolute atomic E-state index is 0.0110. The lowest BCUT2D eigenvalue weighted by atomic mass is 10.2. The van der Waals surface area contributed by atoms with Crippen molar-refractivity contribution in [2.45, 2.75) is 57.8 Å². The predicted molar refractivity (Wildman–Crippen MR) is 122 cm³/mol. The van der Waals surface area contributed by atoms with Gasteiger partial charge < -0.3 is 24.8 Å². The van der Waals surface area contributed by atoms with Crippen molar-refractivity contribution >= 4 is 19.5 Å². The summed E-state index contributed by atoms with van der Waals surface area (Å²) in [7, 11) is -4.26. The van der Waals surface area contributed by atoms with Crippen LogP contribution in [0, 0.1) is 5.82 Å². The quantitative estimate of drug-likeness (QED) is 0.312. The van der Waals surface area contributed by atoms with Crippen LogP contribution in [0.4, 0.5) is 10.2 Å². The number of esters is 1. The van der Waals surface area contributed by atoms with Crippen LogP contribution < -0.4 is 21.0 Å². The molecule has 0 spiro atoms. The molecule has 1 aliphatic rings. The summed E-state index contributed by atoms with van der Waals surface area (Å²) in [5, 5.41) is 12.9. The Hall–Kier alpha value is -2.83. The van der Waals surface area contributed by atoms with Gasteiger partial charge in [0.2, 0.25) is 0 Å². The molecule has 0 radical (unpaired) electrons. The van der Waals surface area contributed by atoms with Crippen LogP contribution in [0.2, 0.25) is 0 Å². The van der Waals surface area contributed by atoms with Crippen LogP contribution in [0.25, 0.3) is 0 Å². The molecule has 5 atom stereocenters. The van der Waals surface area contributed by atoms with Crippen molar-refractivity contribution in [3.8, 4) is 5.75 Å². The van der Waals surface area contributed by atoms with Gasteiger partial charge in [0.25, 0.3) is 0 Å². The van der Waals surface area contributed by atoms with Crippen molar-refractivity contribution in [2.75, 3.05) is 12.3 Å². The van der Waals surface area contributed by atoms with E-state index in [1.165, 1.54) is 31.3 Å². The van der Waals surface area contributed by atoms with Gasteiger partial charge in [-0.1, -0.05) is 0 Å². The van der Waals surface area contributed by atoms with Gasteiger partial charge >= 0.3 is 19.4 Å². The fraction of sp³-hybridized carbons (Fsp3) is 0.476. The molecule has 3 rings (SSSR count). The Balaban J connectivity index is 1.72. The molecule has 35 heavy (non-hydrogen) atoms. The monoisotopic (exact) mass is 514 g/mol. The molecule has 1 saturated heterocycles. The number of benzene rings is 1. The second-order valence-electron chi connectivity index (χ2n) is 8.15. The van der Waals surface area contributed by atoms with E-state index in [1.807, 2.05) is 0 Å². The number of aliphatic hydroxyl groups is 1. The van der Waals surface area contributed by atoms with Gasteiger partial charge in [-0.05, 0) is 51.1 Å². The van der Waals surface area contributed by atoms with Crippen LogP contribution in [0.5, 0.6) is 5.75 Å². The molecule has 14 heteroatoms. The molecule has 0 saturated carbocycles. The van der Waals surface area contributed by atoms with Crippen molar-refractivity contribution in [2.24, 2.45) is 0 Å². The van der Waals surface area contributed by atoms with Crippen molar-refractivity contribution in [3.63, 3.8) is 0 Å². The van der Waals surface area contributed by atoms with Gasteiger partial charge in [-0.25, -0.2) is 13.8 Å². The summed E-state index contributed by atoms with van der Waals surface area (Å²) in [5.41, 5.74) is 4.84. The normalized spacial score (nSPS) is 22.5. The average molecular weight is 514 g/mol. The number of nitrogen functional groups attached to an aromatic ring is 1. The topological polar surface area (TPSA) is 164 Å². The first-order chi connectivity index (χ1) is 16.5. The number of aromatic nitrogens is 2. The summed E-state index contributed by atoms with van der Waals surface area (Å²) in [4.78, 5) is 27.9. The van der Waals surface area contributed by atoms with Crippen LogP contribution in [0.3, 0.4) is 0 Å². The molecule has 1 aliphatic heterocycles. The van der Waals surface area contributed by atoms with Crippen LogP contribution in [-0.4, -0.2) is 51.6 Å². The number of nitrogens with two attached hydrogens (primary N) is 1. The molecular formula is C21H28FN4O8P. The lowest BCUT2D eigenvalue weighted by Gasteiger charge is -2.25. The molecule has 4 N–H and O–H groups in total. The number of hydrogen-bond acceptors (Lipinski definition) is 10. The van der Waals surface area contributed by atoms with Crippen LogP contribution in [-0.2, 0) is 23.4 Å². The highest BCUT2D eigenvalue weighted by Crippen LogP contribution is 2.46. The van der Waals surface area contributed by atoms with Crippen molar-refractivity contribution in [1.29, 1.82) is 0 Å². The van der Waals surface area contributed by atoms with E-state index < -0.39 is 62.4 Å². The van der Waals surface area contributed by atoms with Gasteiger partial charge in [0.1, 0.15) is 35.8 Å². The largest absolute Gasteiger partial charge is 0.462 e. The Morgan fingerprint density at radius 2 is 2.03 bits per heavy atom. The highest BCUT2D eigenvalue weighted by atomic mass is 31.2. The van der Waals surface area contributed by atoms with Crippen molar-refractivity contribution in [3.05, 3.63) is 52.8 Å². The fourth-order valence-electron chi connectivity index (χ4n) is 3.20. The van der Waals surface area contributed by atoms with Gasteiger partial charge in [0, 0.05) is 12.6 Å². The van der Waals surface area contributed by atoms with Gasteiger partial charge in [0.05, 0.1) is 18.8 Å². The molecule has 2 heterocycles. The molecule has 1 unspecified atom stereocenters. The molecule has 1 aromatic heterocycles. The minimum atomic E-state index is -4.26. The van der Waals surface area contributed by atoms with Gasteiger partial charge in [-0.2, -0.15) is 10.1 Å². The highest BCUT2D eigenvalue weighted by Gasteiger charge is 2.39. The fourth-order valence-corrected chi connectivity index (χ4v) is 4.70. The first kappa shape index (κ1) is 26.8. The molecule has 12 nitrogen and oxygen atoms in total. The predicted octanol–water partition coefficient (Wildman–Crippen LogP) is 1.75. The number of carbonyl (C=O) groups excluding carboxylic acids is 1.